The van der Waals surface area contributed by atoms with E-state index >= 15 is 0 Å². The molecule has 0 aliphatic rings. The lowest BCUT2D eigenvalue weighted by atomic mass is 10.2. The molecule has 0 heterocycles. The van der Waals surface area contributed by atoms with Crippen LogP contribution in [0, 0.1) is 12.7 Å². The molecule has 0 radical (unpaired) electrons. The first-order chi connectivity index (χ1) is 8.04. The number of nitrogens with one attached hydrogen (secondary N) is 1. The van der Waals surface area contributed by atoms with E-state index in [0.29, 0.717) is 6.42 Å². The molecule has 1 amide bonds. The Morgan fingerprint density at radius 2 is 2.22 bits per heavy atom. The summed E-state index contributed by atoms with van der Waals surface area (Å²) in [6, 6.07) is 3.98. The van der Waals surface area contributed by atoms with Crippen molar-refractivity contribution in [3.05, 3.63) is 29.6 Å². The quantitative estimate of drug-likeness (QED) is 0.877. The van der Waals surface area contributed by atoms with Crippen LogP contribution in [0.2, 0.25) is 0 Å². The predicted molar refractivity (Wildman–Crippen MR) is 78.0 cm³/mol. The van der Waals surface area contributed by atoms with Crippen LogP contribution in [-0.2, 0) is 4.79 Å². The summed E-state index contributed by atoms with van der Waals surface area (Å²) < 4.78 is 13.4. The summed E-state index contributed by atoms with van der Waals surface area (Å²) in [4.78, 5) is 11.7. The molecule has 0 saturated heterocycles. The molecule has 3 nitrogen and oxygen atoms in total. The number of amides is 1. The molecule has 1 aromatic carbocycles. The van der Waals surface area contributed by atoms with E-state index in [2.05, 4.69) is 5.32 Å². The van der Waals surface area contributed by atoms with Gasteiger partial charge in [-0.25, -0.2) is 4.39 Å². The summed E-state index contributed by atoms with van der Waals surface area (Å²) >= 11 is 1.63. The second-order valence-electron chi connectivity index (χ2n) is 3.86. The van der Waals surface area contributed by atoms with Crippen LogP contribution < -0.4 is 11.1 Å². The Labute approximate surface area is 117 Å². The van der Waals surface area contributed by atoms with Gasteiger partial charge in [0, 0.05) is 0 Å². The molecule has 3 N–H and O–H groups in total. The third-order valence-corrected chi connectivity index (χ3v) is 2.99. The largest absolute Gasteiger partial charge is 0.322 e. The zero-order valence-electron chi connectivity index (χ0n) is 10.4. The highest BCUT2D eigenvalue weighted by Gasteiger charge is 2.14. The lowest BCUT2D eigenvalue weighted by Crippen LogP contribution is -2.36. The van der Waals surface area contributed by atoms with Crippen molar-refractivity contribution in [1.29, 1.82) is 0 Å². The number of thioether (sulfide) groups is 1. The fourth-order valence-electron chi connectivity index (χ4n) is 1.34. The highest BCUT2D eigenvalue weighted by Crippen LogP contribution is 2.16. The average molecular weight is 293 g/mol. The molecule has 1 aromatic rings. The summed E-state index contributed by atoms with van der Waals surface area (Å²) in [5.74, 6) is 0.0230. The van der Waals surface area contributed by atoms with Gasteiger partial charge >= 0.3 is 0 Å². The average Bonchev–Trinajstić information content (AvgIpc) is 2.30. The van der Waals surface area contributed by atoms with E-state index in [1.54, 1.807) is 23.9 Å². The van der Waals surface area contributed by atoms with Gasteiger partial charge in [-0.3, -0.25) is 4.79 Å². The molecule has 0 aliphatic heterocycles. The maximum atomic E-state index is 13.4. The standard InChI is InChI=1S/C12H17FN2OS.ClH/c1-8-3-4-9(13)11(7-8)15-12(16)10(14)5-6-17-2;/h3-4,7,10H,5-6,14H2,1-2H3,(H,15,16);1H/t10-;/m0./s1. The zero-order valence-corrected chi connectivity index (χ0v) is 12.0. The second-order valence-corrected chi connectivity index (χ2v) is 4.85. The van der Waals surface area contributed by atoms with Gasteiger partial charge in [0.2, 0.25) is 5.91 Å². The molecule has 102 valence electrons. The highest BCUT2D eigenvalue weighted by atomic mass is 35.5. The van der Waals surface area contributed by atoms with E-state index in [-0.39, 0.29) is 24.0 Å². The number of rotatable bonds is 5. The number of aryl methyl sites for hydroxylation is 1. The van der Waals surface area contributed by atoms with E-state index < -0.39 is 11.9 Å². The Kier molecular flexibility index (Phi) is 7.98. The third-order valence-electron chi connectivity index (χ3n) is 2.35. The van der Waals surface area contributed by atoms with Crippen molar-refractivity contribution in [2.45, 2.75) is 19.4 Å². The van der Waals surface area contributed by atoms with Crippen molar-refractivity contribution in [2.75, 3.05) is 17.3 Å². The Morgan fingerprint density at radius 1 is 1.56 bits per heavy atom. The van der Waals surface area contributed by atoms with Crippen LogP contribution in [0.25, 0.3) is 0 Å². The van der Waals surface area contributed by atoms with Gasteiger partial charge < -0.3 is 11.1 Å². The normalized spacial score (nSPS) is 11.6. The number of hydrogen-bond acceptors (Lipinski definition) is 3. The van der Waals surface area contributed by atoms with E-state index in [1.165, 1.54) is 6.07 Å². The Hall–Kier alpha value is -0.780. The van der Waals surface area contributed by atoms with Crippen LogP contribution in [0.15, 0.2) is 18.2 Å². The third kappa shape index (κ3) is 5.25. The van der Waals surface area contributed by atoms with Crippen LogP contribution in [0.4, 0.5) is 10.1 Å². The van der Waals surface area contributed by atoms with E-state index in [0.717, 1.165) is 11.3 Å². The minimum absolute atomic E-state index is 0. The van der Waals surface area contributed by atoms with Crippen molar-refractivity contribution < 1.29 is 9.18 Å². The van der Waals surface area contributed by atoms with Gasteiger partial charge in [0.05, 0.1) is 11.7 Å². The molecule has 0 aliphatic carbocycles. The maximum Gasteiger partial charge on any atom is 0.241 e. The molecular formula is C12H18ClFN2OS. The zero-order chi connectivity index (χ0) is 12.8. The fraction of sp³-hybridized carbons (Fsp3) is 0.417. The minimum atomic E-state index is -0.595. The second kappa shape index (κ2) is 8.34. The topological polar surface area (TPSA) is 55.1 Å². The predicted octanol–water partition coefficient (Wildman–Crippen LogP) is 2.57. The Morgan fingerprint density at radius 3 is 2.83 bits per heavy atom. The van der Waals surface area contributed by atoms with Gasteiger partial charge in [-0.05, 0) is 43.0 Å². The molecule has 0 unspecified atom stereocenters. The molecule has 0 aromatic heterocycles. The summed E-state index contributed by atoms with van der Waals surface area (Å²) in [6.07, 6.45) is 2.53. The molecule has 18 heavy (non-hydrogen) atoms. The van der Waals surface area contributed by atoms with Gasteiger partial charge in [0.25, 0.3) is 0 Å². The van der Waals surface area contributed by atoms with E-state index in [4.69, 9.17) is 5.73 Å². The monoisotopic (exact) mass is 292 g/mol. The lowest BCUT2D eigenvalue weighted by molar-refractivity contribution is -0.117. The Bertz CT molecular complexity index is 404. The number of carbonyl (C=O) groups excluding carboxylic acids is 1. The van der Waals surface area contributed by atoms with E-state index in [1.807, 2.05) is 13.2 Å². The van der Waals surface area contributed by atoms with Crippen molar-refractivity contribution in [2.24, 2.45) is 5.73 Å². The smallest absolute Gasteiger partial charge is 0.241 e. The molecule has 0 bridgehead atoms. The van der Waals surface area contributed by atoms with Crippen LogP contribution >= 0.6 is 24.2 Å². The summed E-state index contributed by atoms with van der Waals surface area (Å²) in [5.41, 5.74) is 6.77. The van der Waals surface area contributed by atoms with Gasteiger partial charge in [0.1, 0.15) is 5.82 Å². The molecule has 0 fully saturated rings. The molecule has 1 atom stereocenters. The minimum Gasteiger partial charge on any atom is -0.322 e. The number of anilines is 1. The lowest BCUT2D eigenvalue weighted by Gasteiger charge is -2.12. The summed E-state index contributed by atoms with van der Waals surface area (Å²) in [6.45, 7) is 1.84. The number of benzene rings is 1. The van der Waals surface area contributed by atoms with Crippen molar-refractivity contribution in [3.8, 4) is 0 Å². The van der Waals surface area contributed by atoms with Crippen LogP contribution in [0.3, 0.4) is 0 Å². The maximum absolute atomic E-state index is 13.4. The number of halogens is 2. The first-order valence-electron chi connectivity index (χ1n) is 5.36. The first kappa shape index (κ1) is 17.2. The first-order valence-corrected chi connectivity index (χ1v) is 6.75. The van der Waals surface area contributed by atoms with Crippen LogP contribution in [0.1, 0.15) is 12.0 Å². The van der Waals surface area contributed by atoms with Crippen molar-refractivity contribution >= 4 is 35.8 Å². The van der Waals surface area contributed by atoms with Gasteiger partial charge in [-0.15, -0.1) is 12.4 Å². The van der Waals surface area contributed by atoms with Crippen LogP contribution in [-0.4, -0.2) is 24.0 Å². The van der Waals surface area contributed by atoms with Gasteiger partial charge in [-0.1, -0.05) is 6.07 Å². The molecular weight excluding hydrogens is 275 g/mol. The van der Waals surface area contributed by atoms with Crippen molar-refractivity contribution in [3.63, 3.8) is 0 Å². The molecule has 6 heteroatoms. The highest BCUT2D eigenvalue weighted by molar-refractivity contribution is 7.98. The molecule has 1 rings (SSSR count). The Balaban J connectivity index is 0.00000289. The SMILES string of the molecule is CSCC[C@H](N)C(=O)Nc1cc(C)ccc1F.Cl. The van der Waals surface area contributed by atoms with Crippen LogP contribution in [0.5, 0.6) is 0 Å². The number of nitrogens with two attached hydrogens (primary N) is 1. The van der Waals surface area contributed by atoms with Crippen molar-refractivity contribution in [1.82, 2.24) is 0 Å². The summed E-state index contributed by atoms with van der Waals surface area (Å²) in [7, 11) is 0. The van der Waals surface area contributed by atoms with Gasteiger partial charge in [0.15, 0.2) is 0 Å². The number of hydrogen-bond donors (Lipinski definition) is 2. The summed E-state index contributed by atoms with van der Waals surface area (Å²) in [5, 5.41) is 2.51. The number of carbonyl (C=O) groups is 1. The molecule has 0 spiro atoms. The van der Waals surface area contributed by atoms with Gasteiger partial charge in [-0.2, -0.15) is 11.8 Å². The fourth-order valence-corrected chi connectivity index (χ4v) is 1.83. The van der Waals surface area contributed by atoms with E-state index in [9.17, 15) is 9.18 Å². The molecule has 0 saturated carbocycles.